The second kappa shape index (κ2) is 7.56. The number of amides is 1. The van der Waals surface area contributed by atoms with Crippen LogP contribution in [0.2, 0.25) is 10.0 Å². The van der Waals surface area contributed by atoms with Gasteiger partial charge in [-0.2, -0.15) is 0 Å². The molecule has 24 heavy (non-hydrogen) atoms. The molecule has 0 radical (unpaired) electrons. The number of likely N-dealkylation sites (N-methyl/N-ethyl adjacent to an activating group) is 1. The van der Waals surface area contributed by atoms with Crippen molar-refractivity contribution in [1.29, 1.82) is 0 Å². The van der Waals surface area contributed by atoms with Gasteiger partial charge in [-0.25, -0.2) is 0 Å². The number of carbonyl (C=O) groups is 1. The van der Waals surface area contributed by atoms with Gasteiger partial charge < -0.3 is 4.90 Å². The number of benzene rings is 2. The fourth-order valence-corrected chi connectivity index (χ4v) is 3.50. The van der Waals surface area contributed by atoms with E-state index in [1.165, 1.54) is 11.1 Å². The lowest BCUT2D eigenvalue weighted by Gasteiger charge is -2.30. The van der Waals surface area contributed by atoms with Gasteiger partial charge in [-0.3, -0.25) is 9.69 Å². The number of carbonyl (C=O) groups excluding carboxylic acids is 1. The van der Waals surface area contributed by atoms with Crippen LogP contribution in [0, 0.1) is 0 Å². The molecule has 2 aromatic carbocycles. The highest BCUT2D eigenvalue weighted by molar-refractivity contribution is 6.35. The van der Waals surface area contributed by atoms with Crippen molar-refractivity contribution in [3.05, 3.63) is 69.2 Å². The second-order valence-electron chi connectivity index (χ2n) is 6.24. The molecule has 1 amide bonds. The van der Waals surface area contributed by atoms with Crippen molar-refractivity contribution in [1.82, 2.24) is 9.80 Å². The average molecular weight is 363 g/mol. The van der Waals surface area contributed by atoms with Gasteiger partial charge in [-0.05, 0) is 42.3 Å². The molecular weight excluding hydrogens is 343 g/mol. The van der Waals surface area contributed by atoms with Crippen LogP contribution in [0.15, 0.2) is 42.5 Å². The zero-order valence-electron chi connectivity index (χ0n) is 13.6. The molecule has 0 saturated carbocycles. The SMILES string of the molecule is CN(CC(=O)N1CCc2ccccc2C1)Cc1ccc(Cl)cc1Cl. The van der Waals surface area contributed by atoms with E-state index in [1.807, 2.05) is 35.0 Å². The number of hydrogen-bond acceptors (Lipinski definition) is 2. The Bertz CT molecular complexity index is 748. The minimum atomic E-state index is 0.150. The van der Waals surface area contributed by atoms with Crippen LogP contribution in [0.5, 0.6) is 0 Å². The summed E-state index contributed by atoms with van der Waals surface area (Å²) in [6.45, 7) is 2.48. The van der Waals surface area contributed by atoms with Gasteiger partial charge in [0.2, 0.25) is 5.91 Å². The van der Waals surface area contributed by atoms with E-state index in [0.717, 1.165) is 18.5 Å². The number of hydrogen-bond donors (Lipinski definition) is 0. The van der Waals surface area contributed by atoms with Crippen LogP contribution in [0.3, 0.4) is 0 Å². The van der Waals surface area contributed by atoms with Gasteiger partial charge in [-0.1, -0.05) is 53.5 Å². The highest BCUT2D eigenvalue weighted by Gasteiger charge is 2.21. The topological polar surface area (TPSA) is 23.6 Å². The van der Waals surface area contributed by atoms with E-state index in [9.17, 15) is 4.79 Å². The van der Waals surface area contributed by atoms with Crippen LogP contribution in [0.1, 0.15) is 16.7 Å². The molecule has 0 saturated heterocycles. The molecule has 1 heterocycles. The molecule has 3 rings (SSSR count). The Morgan fingerprint density at radius 3 is 2.67 bits per heavy atom. The summed E-state index contributed by atoms with van der Waals surface area (Å²) in [5.74, 6) is 0.150. The van der Waals surface area contributed by atoms with Crippen molar-refractivity contribution in [3.63, 3.8) is 0 Å². The minimum Gasteiger partial charge on any atom is -0.337 e. The fourth-order valence-electron chi connectivity index (χ4n) is 3.04. The number of fused-ring (bicyclic) bond motifs is 1. The molecule has 1 aliphatic rings. The van der Waals surface area contributed by atoms with Crippen LogP contribution < -0.4 is 0 Å². The normalized spacial score (nSPS) is 13.9. The molecular formula is C19H20Cl2N2O. The van der Waals surface area contributed by atoms with E-state index in [2.05, 4.69) is 18.2 Å². The van der Waals surface area contributed by atoms with E-state index in [0.29, 0.717) is 29.7 Å². The smallest absolute Gasteiger partial charge is 0.237 e. The minimum absolute atomic E-state index is 0.150. The van der Waals surface area contributed by atoms with E-state index >= 15 is 0 Å². The highest BCUT2D eigenvalue weighted by atomic mass is 35.5. The Morgan fingerprint density at radius 2 is 1.92 bits per heavy atom. The van der Waals surface area contributed by atoms with Gasteiger partial charge in [-0.15, -0.1) is 0 Å². The van der Waals surface area contributed by atoms with Gasteiger partial charge in [0.15, 0.2) is 0 Å². The number of rotatable bonds is 4. The van der Waals surface area contributed by atoms with Crippen molar-refractivity contribution < 1.29 is 4.79 Å². The van der Waals surface area contributed by atoms with E-state index in [-0.39, 0.29) is 5.91 Å². The summed E-state index contributed by atoms with van der Waals surface area (Å²) in [5, 5.41) is 1.25. The van der Waals surface area contributed by atoms with Crippen LogP contribution in [0.4, 0.5) is 0 Å². The molecule has 0 N–H and O–H groups in total. The molecule has 0 fully saturated rings. The van der Waals surface area contributed by atoms with E-state index in [4.69, 9.17) is 23.2 Å². The summed E-state index contributed by atoms with van der Waals surface area (Å²) in [6.07, 6.45) is 0.925. The summed E-state index contributed by atoms with van der Waals surface area (Å²) in [6, 6.07) is 13.8. The molecule has 5 heteroatoms. The van der Waals surface area contributed by atoms with Gasteiger partial charge >= 0.3 is 0 Å². The lowest BCUT2D eigenvalue weighted by atomic mass is 10.00. The first-order chi connectivity index (χ1) is 11.5. The largest absolute Gasteiger partial charge is 0.337 e. The zero-order valence-corrected chi connectivity index (χ0v) is 15.1. The predicted octanol–water partition coefficient (Wildman–Crippen LogP) is 4.01. The summed E-state index contributed by atoms with van der Waals surface area (Å²) in [5.41, 5.74) is 3.57. The third-order valence-electron chi connectivity index (χ3n) is 4.34. The van der Waals surface area contributed by atoms with Crippen LogP contribution in [-0.2, 0) is 24.3 Å². The Balaban J connectivity index is 1.59. The first kappa shape index (κ1) is 17.3. The monoisotopic (exact) mass is 362 g/mol. The zero-order chi connectivity index (χ0) is 17.1. The first-order valence-electron chi connectivity index (χ1n) is 8.00. The molecule has 1 aliphatic heterocycles. The highest BCUT2D eigenvalue weighted by Crippen LogP contribution is 2.22. The fraction of sp³-hybridized carbons (Fsp3) is 0.316. The maximum absolute atomic E-state index is 12.6. The van der Waals surface area contributed by atoms with Crippen molar-refractivity contribution in [3.8, 4) is 0 Å². The second-order valence-corrected chi connectivity index (χ2v) is 7.09. The van der Waals surface area contributed by atoms with Gasteiger partial charge in [0.05, 0.1) is 6.54 Å². The van der Waals surface area contributed by atoms with Crippen LogP contribution >= 0.6 is 23.2 Å². The van der Waals surface area contributed by atoms with Crippen LogP contribution in [-0.4, -0.2) is 35.8 Å². The maximum atomic E-state index is 12.6. The van der Waals surface area contributed by atoms with Gasteiger partial charge in [0, 0.05) is 29.7 Å². The molecule has 0 aromatic heterocycles. The first-order valence-corrected chi connectivity index (χ1v) is 8.75. The molecule has 0 atom stereocenters. The van der Waals surface area contributed by atoms with Gasteiger partial charge in [0.1, 0.15) is 0 Å². The molecule has 0 spiro atoms. The quantitative estimate of drug-likeness (QED) is 0.820. The number of nitrogens with zero attached hydrogens (tertiary/aromatic N) is 2. The molecule has 2 aromatic rings. The van der Waals surface area contributed by atoms with Crippen molar-refractivity contribution in [2.45, 2.75) is 19.5 Å². The summed E-state index contributed by atoms with van der Waals surface area (Å²) in [4.78, 5) is 16.5. The van der Waals surface area contributed by atoms with Crippen molar-refractivity contribution in [2.24, 2.45) is 0 Å². The Hall–Kier alpha value is -1.55. The van der Waals surface area contributed by atoms with Gasteiger partial charge in [0.25, 0.3) is 0 Å². The number of halogens is 2. The summed E-state index contributed by atoms with van der Waals surface area (Å²) in [7, 11) is 1.93. The molecule has 0 aliphatic carbocycles. The Labute approximate surface area is 152 Å². The summed E-state index contributed by atoms with van der Waals surface area (Å²) < 4.78 is 0. The maximum Gasteiger partial charge on any atom is 0.237 e. The molecule has 3 nitrogen and oxygen atoms in total. The molecule has 0 unspecified atom stereocenters. The molecule has 0 bridgehead atoms. The third kappa shape index (κ3) is 4.10. The predicted molar refractivity (Wildman–Crippen MR) is 98.4 cm³/mol. The molecule has 126 valence electrons. The van der Waals surface area contributed by atoms with E-state index < -0.39 is 0 Å². The lowest BCUT2D eigenvalue weighted by molar-refractivity contribution is -0.133. The third-order valence-corrected chi connectivity index (χ3v) is 4.93. The standard InChI is InChI=1S/C19H20Cl2N2O/c1-22(11-16-6-7-17(20)10-18(16)21)13-19(24)23-9-8-14-4-2-3-5-15(14)12-23/h2-7,10H,8-9,11-13H2,1H3. The Kier molecular flexibility index (Phi) is 5.44. The van der Waals surface area contributed by atoms with E-state index in [1.54, 1.807) is 6.07 Å². The van der Waals surface area contributed by atoms with Crippen molar-refractivity contribution in [2.75, 3.05) is 20.1 Å². The van der Waals surface area contributed by atoms with Crippen molar-refractivity contribution >= 4 is 29.1 Å². The summed E-state index contributed by atoms with van der Waals surface area (Å²) >= 11 is 12.1. The average Bonchev–Trinajstić information content (AvgIpc) is 2.57. The lowest BCUT2D eigenvalue weighted by Crippen LogP contribution is -2.41. The Morgan fingerprint density at radius 1 is 1.17 bits per heavy atom. The van der Waals surface area contributed by atoms with Crippen LogP contribution in [0.25, 0.3) is 0 Å².